The monoisotopic (exact) mass is 237 g/mol. The summed E-state index contributed by atoms with van der Waals surface area (Å²) in [7, 11) is 0. The third-order valence-corrected chi connectivity index (χ3v) is 3.67. The zero-order valence-corrected chi connectivity index (χ0v) is 11.4. The maximum absolute atomic E-state index is 11.9. The molecule has 0 aliphatic heterocycles. The molecule has 0 spiro atoms. The Balaban J connectivity index is 2.94. The fraction of sp³-hybridized carbons (Fsp3) is 0.462. The Labute approximate surface area is 101 Å². The van der Waals surface area contributed by atoms with E-state index in [1.807, 2.05) is 52.8 Å². The van der Waals surface area contributed by atoms with Gasteiger partial charge in [-0.2, -0.15) is 0 Å². The lowest BCUT2D eigenvalue weighted by atomic mass is 10.1. The second-order valence-electron chi connectivity index (χ2n) is 4.91. The molecule has 0 fully saturated rings. The molecule has 2 nitrogen and oxygen atoms in total. The number of rotatable bonds is 2. The Morgan fingerprint density at radius 1 is 1.31 bits per heavy atom. The van der Waals surface area contributed by atoms with Crippen molar-refractivity contribution in [1.29, 1.82) is 0 Å². The zero-order valence-electron chi connectivity index (χ0n) is 10.6. The molecule has 3 heteroatoms. The average molecular weight is 237 g/mol. The molecule has 0 amide bonds. The summed E-state index contributed by atoms with van der Waals surface area (Å²) >= 11 is -1.19. The molecule has 1 atom stereocenters. The summed E-state index contributed by atoms with van der Waals surface area (Å²) in [6, 6.07) is 8.07. The molecular formula is C13H19NOS. The van der Waals surface area contributed by atoms with Crippen LogP contribution in [0.5, 0.6) is 0 Å². The van der Waals surface area contributed by atoms with Crippen LogP contribution < -0.4 is 0 Å². The van der Waals surface area contributed by atoms with Crippen LogP contribution >= 0.6 is 0 Å². The Hall–Kier alpha value is -0.800. The van der Waals surface area contributed by atoms with Crippen LogP contribution in [0, 0.1) is 6.92 Å². The minimum Gasteiger partial charge on any atom is -0.591 e. The third-order valence-electron chi connectivity index (χ3n) is 2.18. The first-order valence-corrected chi connectivity index (χ1v) is 6.46. The first-order chi connectivity index (χ1) is 7.30. The van der Waals surface area contributed by atoms with E-state index in [1.54, 1.807) is 0 Å². The number of hydrogen-bond acceptors (Lipinski definition) is 2. The molecule has 1 aromatic carbocycles. The standard InChI is InChI=1S/C13H19NOS/c1-10-7-6-8-12(9-10)11(2)14-16(15)13(3,4)5/h6-9H,1-5H3/b14-11+/t16-/m0/s1. The van der Waals surface area contributed by atoms with Crippen molar-refractivity contribution in [1.82, 2.24) is 0 Å². The van der Waals surface area contributed by atoms with Crippen LogP contribution in [-0.2, 0) is 11.4 Å². The highest BCUT2D eigenvalue weighted by Crippen LogP contribution is 2.18. The summed E-state index contributed by atoms with van der Waals surface area (Å²) in [5.41, 5.74) is 3.06. The fourth-order valence-corrected chi connectivity index (χ4v) is 1.81. The highest BCUT2D eigenvalue weighted by Gasteiger charge is 2.26. The van der Waals surface area contributed by atoms with Crippen LogP contribution in [0.3, 0.4) is 0 Å². The molecule has 0 bridgehead atoms. The van der Waals surface area contributed by atoms with Gasteiger partial charge in [0, 0.05) is 5.56 Å². The topological polar surface area (TPSA) is 35.4 Å². The van der Waals surface area contributed by atoms with Crippen LogP contribution in [0.2, 0.25) is 0 Å². The molecule has 0 saturated carbocycles. The van der Waals surface area contributed by atoms with Crippen molar-refractivity contribution < 1.29 is 4.55 Å². The van der Waals surface area contributed by atoms with Crippen molar-refractivity contribution in [3.8, 4) is 0 Å². The van der Waals surface area contributed by atoms with Crippen LogP contribution in [0.4, 0.5) is 0 Å². The summed E-state index contributed by atoms with van der Waals surface area (Å²) in [5.74, 6) is 0. The third kappa shape index (κ3) is 3.65. The van der Waals surface area contributed by atoms with Gasteiger partial charge in [-0.05, 0) is 34.6 Å². The summed E-state index contributed by atoms with van der Waals surface area (Å²) in [6.45, 7) is 9.72. The van der Waals surface area contributed by atoms with E-state index in [0.717, 1.165) is 11.3 Å². The highest BCUT2D eigenvalue weighted by atomic mass is 32.2. The van der Waals surface area contributed by atoms with Crippen molar-refractivity contribution in [2.45, 2.75) is 39.4 Å². The minimum absolute atomic E-state index is 0.301. The second-order valence-corrected chi connectivity index (χ2v) is 6.81. The Morgan fingerprint density at radius 2 is 1.94 bits per heavy atom. The van der Waals surface area contributed by atoms with Crippen LogP contribution in [0.1, 0.15) is 38.8 Å². The second kappa shape index (κ2) is 5.02. The van der Waals surface area contributed by atoms with Crippen LogP contribution in [0.15, 0.2) is 28.7 Å². The molecule has 1 rings (SSSR count). The normalized spacial score (nSPS) is 15.0. The minimum atomic E-state index is -1.19. The van der Waals surface area contributed by atoms with E-state index in [-0.39, 0.29) is 4.75 Å². The van der Waals surface area contributed by atoms with Crippen molar-refractivity contribution in [2.24, 2.45) is 4.40 Å². The van der Waals surface area contributed by atoms with Gasteiger partial charge in [0.1, 0.15) is 16.1 Å². The first-order valence-electron chi connectivity index (χ1n) is 5.35. The maximum atomic E-state index is 11.9. The quantitative estimate of drug-likeness (QED) is 0.574. The van der Waals surface area contributed by atoms with Gasteiger partial charge in [-0.15, -0.1) is 0 Å². The van der Waals surface area contributed by atoms with Gasteiger partial charge in [-0.1, -0.05) is 34.2 Å². The predicted octanol–water partition coefficient (Wildman–Crippen LogP) is 3.27. The van der Waals surface area contributed by atoms with Gasteiger partial charge in [0.15, 0.2) is 0 Å². The molecule has 1 aromatic rings. The van der Waals surface area contributed by atoms with E-state index in [4.69, 9.17) is 0 Å². The first kappa shape index (κ1) is 13.3. The van der Waals surface area contributed by atoms with Gasteiger partial charge in [-0.3, -0.25) is 0 Å². The predicted molar refractivity (Wildman–Crippen MR) is 71.3 cm³/mol. The number of aryl methyl sites for hydroxylation is 1. The van der Waals surface area contributed by atoms with E-state index in [0.29, 0.717) is 0 Å². The number of hydrogen-bond donors (Lipinski definition) is 0. The molecule has 0 aliphatic carbocycles. The summed E-state index contributed by atoms with van der Waals surface area (Å²) in [4.78, 5) is 0. The van der Waals surface area contributed by atoms with Crippen LogP contribution in [-0.4, -0.2) is 15.0 Å². The molecule has 0 unspecified atom stereocenters. The molecule has 88 valence electrons. The van der Waals surface area contributed by atoms with Crippen molar-refractivity contribution >= 4 is 17.1 Å². The summed E-state index contributed by atoms with van der Waals surface area (Å²) in [6.07, 6.45) is 0. The number of benzene rings is 1. The van der Waals surface area contributed by atoms with E-state index in [2.05, 4.69) is 10.5 Å². The van der Waals surface area contributed by atoms with E-state index < -0.39 is 11.4 Å². The molecule has 0 aromatic heterocycles. The molecule has 0 aliphatic rings. The lowest BCUT2D eigenvalue weighted by Crippen LogP contribution is -2.26. The van der Waals surface area contributed by atoms with E-state index >= 15 is 0 Å². The molecular weight excluding hydrogens is 218 g/mol. The largest absolute Gasteiger partial charge is 0.591 e. The van der Waals surface area contributed by atoms with Gasteiger partial charge in [0.2, 0.25) is 0 Å². The van der Waals surface area contributed by atoms with Gasteiger partial charge < -0.3 is 4.55 Å². The fourth-order valence-electron chi connectivity index (χ4n) is 1.18. The molecule has 0 saturated heterocycles. The smallest absolute Gasteiger partial charge is 0.144 e. The Kier molecular flexibility index (Phi) is 4.16. The van der Waals surface area contributed by atoms with Crippen LogP contribution in [0.25, 0.3) is 0 Å². The Bertz CT molecular complexity index is 393. The van der Waals surface area contributed by atoms with Crippen molar-refractivity contribution in [2.75, 3.05) is 0 Å². The van der Waals surface area contributed by atoms with E-state index in [1.165, 1.54) is 5.56 Å². The summed E-state index contributed by atoms with van der Waals surface area (Å²) in [5, 5.41) is 0. The molecule has 0 heterocycles. The molecule has 16 heavy (non-hydrogen) atoms. The van der Waals surface area contributed by atoms with Crippen molar-refractivity contribution in [3.63, 3.8) is 0 Å². The van der Waals surface area contributed by atoms with E-state index in [9.17, 15) is 4.55 Å². The van der Waals surface area contributed by atoms with Gasteiger partial charge in [-0.25, -0.2) is 0 Å². The Morgan fingerprint density at radius 3 is 2.44 bits per heavy atom. The lowest BCUT2D eigenvalue weighted by molar-refractivity contribution is 0.561. The van der Waals surface area contributed by atoms with Gasteiger partial charge in [0.05, 0.1) is 5.71 Å². The molecule has 0 N–H and O–H groups in total. The zero-order chi connectivity index (χ0) is 12.3. The molecule has 0 radical (unpaired) electrons. The van der Waals surface area contributed by atoms with Gasteiger partial charge in [0.25, 0.3) is 0 Å². The van der Waals surface area contributed by atoms with Gasteiger partial charge >= 0.3 is 0 Å². The SMILES string of the molecule is C/C(=N\[S@@+]([O-])C(C)(C)C)c1cccc(C)c1. The summed E-state index contributed by atoms with van der Waals surface area (Å²) < 4.78 is 15.8. The maximum Gasteiger partial charge on any atom is 0.144 e. The average Bonchev–Trinajstić information content (AvgIpc) is 2.16. The number of nitrogens with zero attached hydrogens (tertiary/aromatic N) is 1. The lowest BCUT2D eigenvalue weighted by Gasteiger charge is -2.18. The van der Waals surface area contributed by atoms with Crippen molar-refractivity contribution in [3.05, 3.63) is 35.4 Å². The highest BCUT2D eigenvalue weighted by molar-refractivity contribution is 7.91.